The molecule has 2 aliphatic heterocycles. The zero-order valence-electron chi connectivity index (χ0n) is 13.3. The number of carbonyl (C=O) groups is 2. The maximum Gasteiger partial charge on any atom is 0.272 e. The average molecular weight is 343 g/mol. The van der Waals surface area contributed by atoms with Gasteiger partial charge in [0.25, 0.3) is 5.91 Å². The second kappa shape index (κ2) is 9.02. The predicted molar refractivity (Wildman–Crippen MR) is 93.5 cm³/mol. The van der Waals surface area contributed by atoms with E-state index in [0.717, 1.165) is 18.3 Å². The second-order valence-electron chi connectivity index (χ2n) is 5.15. The van der Waals surface area contributed by atoms with E-state index in [0.29, 0.717) is 17.8 Å². The van der Waals surface area contributed by atoms with Gasteiger partial charge in [-0.3, -0.25) is 15.0 Å². The minimum Gasteiger partial charge on any atom is -0.400 e. The van der Waals surface area contributed by atoms with Gasteiger partial charge >= 0.3 is 0 Å². The van der Waals surface area contributed by atoms with Crippen LogP contribution in [0.4, 0.5) is 10.1 Å². The highest BCUT2D eigenvalue weighted by Gasteiger charge is 2.15. The standard InChI is InChI=1S/C11H11FN4O.C6H7NO/c12-7-1-3-9(4-2-7)15-11(17)10-5-8(13)6-14-16-10;8-5-6-2-1-3-7-4-6/h1-4,6,14H,5,13H2,(H,15,17);1,3-5,7H,2H2. The molecule has 0 saturated carbocycles. The lowest BCUT2D eigenvalue weighted by atomic mass is 10.2. The van der Waals surface area contributed by atoms with Crippen molar-refractivity contribution < 1.29 is 14.0 Å². The molecule has 5 N–H and O–H groups in total. The minimum atomic E-state index is -0.361. The number of benzene rings is 1. The van der Waals surface area contributed by atoms with Crippen molar-refractivity contribution in [3.8, 4) is 0 Å². The Morgan fingerprint density at radius 3 is 2.60 bits per heavy atom. The molecule has 3 rings (SSSR count). The minimum absolute atomic E-state index is 0.286. The quantitative estimate of drug-likeness (QED) is 0.622. The summed E-state index contributed by atoms with van der Waals surface area (Å²) in [7, 11) is 0. The molecular formula is C17H18FN5O2. The number of dihydropyridines is 1. The molecule has 0 spiro atoms. The summed E-state index contributed by atoms with van der Waals surface area (Å²) in [5.41, 5.74) is 10.2. The number of hydrogen-bond acceptors (Lipinski definition) is 6. The molecule has 0 fully saturated rings. The van der Waals surface area contributed by atoms with Crippen LogP contribution in [-0.4, -0.2) is 17.9 Å². The Morgan fingerprint density at radius 1 is 1.28 bits per heavy atom. The second-order valence-corrected chi connectivity index (χ2v) is 5.15. The summed E-state index contributed by atoms with van der Waals surface area (Å²) in [5, 5.41) is 9.23. The number of nitrogens with one attached hydrogen (secondary N) is 3. The summed E-state index contributed by atoms with van der Waals surface area (Å²) in [5.74, 6) is -0.716. The first-order chi connectivity index (χ1) is 12.1. The molecule has 1 aromatic carbocycles. The highest BCUT2D eigenvalue weighted by atomic mass is 19.1. The predicted octanol–water partition coefficient (Wildman–Crippen LogP) is 1.49. The molecule has 0 atom stereocenters. The van der Waals surface area contributed by atoms with Gasteiger partial charge in [-0.2, -0.15) is 5.10 Å². The Bertz CT molecular complexity index is 751. The van der Waals surface area contributed by atoms with Crippen LogP contribution in [0.2, 0.25) is 0 Å². The first-order valence-electron chi connectivity index (χ1n) is 7.47. The van der Waals surface area contributed by atoms with Gasteiger partial charge in [-0.1, -0.05) is 6.08 Å². The number of rotatable bonds is 3. The van der Waals surface area contributed by atoms with Crippen LogP contribution in [-0.2, 0) is 9.59 Å². The fraction of sp³-hybridized carbons (Fsp3) is 0.118. The monoisotopic (exact) mass is 343 g/mol. The fourth-order valence-corrected chi connectivity index (χ4v) is 1.90. The van der Waals surface area contributed by atoms with Crippen molar-refractivity contribution in [3.63, 3.8) is 0 Å². The number of aldehydes is 1. The normalized spacial score (nSPS) is 15.2. The Kier molecular flexibility index (Phi) is 6.47. The Hall–Kier alpha value is -3.42. The van der Waals surface area contributed by atoms with Crippen molar-refractivity contribution in [3.05, 3.63) is 66.0 Å². The lowest BCUT2D eigenvalue weighted by Gasteiger charge is -2.11. The molecule has 0 aromatic heterocycles. The summed E-state index contributed by atoms with van der Waals surface area (Å²) in [6.45, 7) is 0. The van der Waals surface area contributed by atoms with E-state index < -0.39 is 0 Å². The number of hydrazone groups is 1. The number of nitrogens with zero attached hydrogens (tertiary/aromatic N) is 1. The van der Waals surface area contributed by atoms with E-state index in [1.54, 1.807) is 6.20 Å². The Labute approximate surface area is 144 Å². The molecule has 2 heterocycles. The zero-order chi connectivity index (χ0) is 18.1. The molecule has 0 saturated heterocycles. The molecule has 7 nitrogen and oxygen atoms in total. The zero-order valence-corrected chi connectivity index (χ0v) is 13.3. The van der Waals surface area contributed by atoms with E-state index in [-0.39, 0.29) is 17.4 Å². The van der Waals surface area contributed by atoms with Crippen molar-refractivity contribution in [2.24, 2.45) is 10.8 Å². The molecule has 1 amide bonds. The topological polar surface area (TPSA) is 109 Å². The first-order valence-corrected chi connectivity index (χ1v) is 7.47. The molecule has 0 radical (unpaired) electrons. The average Bonchev–Trinajstić information content (AvgIpc) is 2.65. The van der Waals surface area contributed by atoms with Crippen molar-refractivity contribution in [1.29, 1.82) is 0 Å². The number of hydrogen-bond donors (Lipinski definition) is 4. The first kappa shape index (κ1) is 17.9. The third-order valence-electron chi connectivity index (χ3n) is 3.17. The number of amides is 1. The van der Waals surface area contributed by atoms with Gasteiger partial charge in [0, 0.05) is 35.8 Å². The van der Waals surface area contributed by atoms with Gasteiger partial charge in [0.2, 0.25) is 0 Å². The van der Waals surface area contributed by atoms with E-state index in [1.807, 2.05) is 12.3 Å². The molecule has 25 heavy (non-hydrogen) atoms. The van der Waals surface area contributed by atoms with Crippen molar-refractivity contribution >= 4 is 23.6 Å². The van der Waals surface area contributed by atoms with Crippen LogP contribution in [0.3, 0.4) is 0 Å². The van der Waals surface area contributed by atoms with Crippen molar-refractivity contribution in [2.45, 2.75) is 12.8 Å². The molecule has 0 unspecified atom stereocenters. The fourth-order valence-electron chi connectivity index (χ4n) is 1.90. The van der Waals surface area contributed by atoms with E-state index in [1.165, 1.54) is 30.5 Å². The molecule has 8 heteroatoms. The van der Waals surface area contributed by atoms with Crippen LogP contribution in [0.1, 0.15) is 12.8 Å². The summed E-state index contributed by atoms with van der Waals surface area (Å²) < 4.78 is 12.7. The van der Waals surface area contributed by atoms with E-state index >= 15 is 0 Å². The van der Waals surface area contributed by atoms with Crippen LogP contribution in [0, 0.1) is 5.82 Å². The van der Waals surface area contributed by atoms with Gasteiger partial charge in [0.05, 0.1) is 0 Å². The van der Waals surface area contributed by atoms with Crippen LogP contribution < -0.4 is 21.8 Å². The number of allylic oxidation sites excluding steroid dienone is 3. The van der Waals surface area contributed by atoms with Gasteiger partial charge in [-0.05, 0) is 36.9 Å². The van der Waals surface area contributed by atoms with E-state index in [9.17, 15) is 14.0 Å². The molecule has 0 aliphatic carbocycles. The smallest absolute Gasteiger partial charge is 0.272 e. The van der Waals surface area contributed by atoms with Crippen LogP contribution >= 0.6 is 0 Å². The van der Waals surface area contributed by atoms with Gasteiger partial charge in [-0.15, -0.1) is 0 Å². The molecular weight excluding hydrogens is 325 g/mol. The maximum atomic E-state index is 12.7. The summed E-state index contributed by atoms with van der Waals surface area (Å²) in [6, 6.07) is 5.49. The third kappa shape index (κ3) is 5.94. The molecule has 130 valence electrons. The van der Waals surface area contributed by atoms with Gasteiger partial charge in [0.15, 0.2) is 0 Å². The highest BCUT2D eigenvalue weighted by molar-refractivity contribution is 6.43. The number of halogens is 1. The van der Waals surface area contributed by atoms with Crippen molar-refractivity contribution in [2.75, 3.05) is 5.32 Å². The highest BCUT2D eigenvalue weighted by Crippen LogP contribution is 2.09. The Balaban J connectivity index is 0.000000236. The van der Waals surface area contributed by atoms with Crippen LogP contribution in [0.15, 0.2) is 65.3 Å². The lowest BCUT2D eigenvalue weighted by Crippen LogP contribution is -2.29. The Morgan fingerprint density at radius 2 is 2.04 bits per heavy atom. The largest absolute Gasteiger partial charge is 0.400 e. The summed E-state index contributed by atoms with van der Waals surface area (Å²) >= 11 is 0. The summed E-state index contributed by atoms with van der Waals surface area (Å²) in [4.78, 5) is 21.8. The van der Waals surface area contributed by atoms with E-state index in [4.69, 9.17) is 5.73 Å². The summed E-state index contributed by atoms with van der Waals surface area (Å²) in [6.07, 6.45) is 8.85. The number of nitrogens with two attached hydrogens (primary N) is 1. The van der Waals surface area contributed by atoms with Gasteiger partial charge in [0.1, 0.15) is 17.8 Å². The molecule has 0 bridgehead atoms. The lowest BCUT2D eigenvalue weighted by molar-refractivity contribution is -0.110. The SMILES string of the molecule is NC1=CNN=C(C(=O)Nc2ccc(F)cc2)C1.O=CC1=CNC=CC1. The van der Waals surface area contributed by atoms with Crippen molar-refractivity contribution in [1.82, 2.24) is 10.7 Å². The molecule has 2 aliphatic rings. The van der Waals surface area contributed by atoms with E-state index in [2.05, 4.69) is 21.2 Å². The molecule has 1 aromatic rings. The number of carbonyl (C=O) groups excluding carboxylic acids is 2. The third-order valence-corrected chi connectivity index (χ3v) is 3.17. The number of anilines is 1. The van der Waals surface area contributed by atoms with Crippen LogP contribution in [0.25, 0.3) is 0 Å². The van der Waals surface area contributed by atoms with Gasteiger partial charge < -0.3 is 16.4 Å². The van der Waals surface area contributed by atoms with Crippen LogP contribution in [0.5, 0.6) is 0 Å². The van der Waals surface area contributed by atoms with Gasteiger partial charge in [-0.25, -0.2) is 4.39 Å². The maximum absolute atomic E-state index is 12.7.